The molecular formula is C19H21ClN2O2. The van der Waals surface area contributed by atoms with E-state index in [9.17, 15) is 4.79 Å². The monoisotopic (exact) mass is 344 g/mol. The van der Waals surface area contributed by atoms with Crippen molar-refractivity contribution in [2.24, 2.45) is 5.73 Å². The van der Waals surface area contributed by atoms with E-state index in [4.69, 9.17) is 22.1 Å². The summed E-state index contributed by atoms with van der Waals surface area (Å²) in [5.41, 5.74) is 10.0. The molecule has 0 aromatic heterocycles. The number of ether oxygens (including phenoxy) is 1. The lowest BCUT2D eigenvalue weighted by Gasteiger charge is -2.38. The maximum absolute atomic E-state index is 12.3. The predicted molar refractivity (Wildman–Crippen MR) is 95.3 cm³/mol. The number of hydrogen-bond donors (Lipinski definition) is 1. The van der Waals surface area contributed by atoms with Crippen LogP contribution < -0.4 is 5.73 Å². The number of carbonyl (C=O) groups is 1. The van der Waals surface area contributed by atoms with Crippen LogP contribution in [0.3, 0.4) is 0 Å². The van der Waals surface area contributed by atoms with Crippen LogP contribution in [0.4, 0.5) is 0 Å². The molecule has 1 aliphatic rings. The number of nitrogens with two attached hydrogens (primary N) is 1. The van der Waals surface area contributed by atoms with Crippen molar-refractivity contribution in [2.45, 2.75) is 19.0 Å². The van der Waals surface area contributed by atoms with Crippen LogP contribution in [0, 0.1) is 0 Å². The van der Waals surface area contributed by atoms with Crippen molar-refractivity contribution in [3.63, 3.8) is 0 Å². The minimum absolute atomic E-state index is 0.136. The van der Waals surface area contributed by atoms with Crippen molar-refractivity contribution in [1.82, 2.24) is 4.90 Å². The van der Waals surface area contributed by atoms with Crippen molar-refractivity contribution in [2.75, 3.05) is 20.2 Å². The molecule has 3 rings (SSSR count). The molecule has 0 spiro atoms. The van der Waals surface area contributed by atoms with Gasteiger partial charge in [-0.2, -0.15) is 0 Å². The first kappa shape index (κ1) is 17.0. The Bertz CT molecular complexity index is 746. The van der Waals surface area contributed by atoms with Crippen molar-refractivity contribution >= 4 is 17.6 Å². The van der Waals surface area contributed by atoms with Crippen molar-refractivity contribution < 1.29 is 9.53 Å². The number of halogens is 1. The van der Waals surface area contributed by atoms with Crippen LogP contribution in [-0.2, 0) is 4.74 Å². The summed E-state index contributed by atoms with van der Waals surface area (Å²) in [7, 11) is 1.97. The lowest BCUT2D eigenvalue weighted by atomic mass is 9.81. The van der Waals surface area contributed by atoms with Gasteiger partial charge in [-0.1, -0.05) is 35.9 Å². The van der Waals surface area contributed by atoms with Crippen LogP contribution in [0.25, 0.3) is 0 Å². The van der Waals surface area contributed by atoms with Crippen LogP contribution in [0.15, 0.2) is 42.5 Å². The Morgan fingerprint density at radius 3 is 2.67 bits per heavy atom. The Morgan fingerprint density at radius 2 is 2.00 bits per heavy atom. The molecule has 1 heterocycles. The van der Waals surface area contributed by atoms with Crippen molar-refractivity contribution in [3.8, 4) is 0 Å². The average Bonchev–Trinajstić information content (AvgIpc) is 2.58. The molecule has 0 aliphatic carbocycles. The molecular weight excluding hydrogens is 324 g/mol. The van der Waals surface area contributed by atoms with Gasteiger partial charge in [0.05, 0.1) is 18.3 Å². The molecule has 24 heavy (non-hydrogen) atoms. The highest BCUT2D eigenvalue weighted by Crippen LogP contribution is 2.38. The minimum Gasteiger partial charge on any atom is -0.462 e. The summed E-state index contributed by atoms with van der Waals surface area (Å²) < 4.78 is 5.20. The minimum atomic E-state index is -0.329. The third kappa shape index (κ3) is 3.05. The fourth-order valence-electron chi connectivity index (χ4n) is 3.30. The molecule has 0 bridgehead atoms. The largest absolute Gasteiger partial charge is 0.462 e. The highest BCUT2D eigenvalue weighted by atomic mass is 35.5. The van der Waals surface area contributed by atoms with E-state index in [1.54, 1.807) is 13.0 Å². The van der Waals surface area contributed by atoms with Gasteiger partial charge in [0, 0.05) is 23.0 Å². The number of rotatable bonds is 3. The van der Waals surface area contributed by atoms with E-state index in [0.29, 0.717) is 17.2 Å². The summed E-state index contributed by atoms with van der Waals surface area (Å²) in [6.07, 6.45) is -0.329. The normalized spacial score (nSPS) is 20.5. The van der Waals surface area contributed by atoms with E-state index in [0.717, 1.165) is 23.2 Å². The molecule has 1 aliphatic heterocycles. The van der Waals surface area contributed by atoms with Gasteiger partial charge in [-0.3, -0.25) is 4.90 Å². The summed E-state index contributed by atoms with van der Waals surface area (Å²) >= 11 is 6.01. The molecule has 2 N–H and O–H groups in total. The van der Waals surface area contributed by atoms with Gasteiger partial charge in [0.15, 0.2) is 0 Å². The molecule has 126 valence electrons. The third-order valence-electron chi connectivity index (χ3n) is 4.52. The predicted octanol–water partition coefficient (Wildman–Crippen LogP) is 3.55. The van der Waals surface area contributed by atoms with Crippen LogP contribution in [0.1, 0.15) is 46.1 Å². The number of hydrogen-bond acceptors (Lipinski definition) is 4. The van der Waals surface area contributed by atoms with Crippen LogP contribution in [0.2, 0.25) is 5.02 Å². The molecule has 2 unspecified atom stereocenters. The number of fused-ring (bicyclic) bond motifs is 1. The molecule has 2 aromatic rings. The zero-order valence-corrected chi connectivity index (χ0v) is 14.6. The second kappa shape index (κ2) is 6.93. The van der Waals surface area contributed by atoms with E-state index in [-0.39, 0.29) is 18.1 Å². The molecule has 0 saturated carbocycles. The molecule has 2 aromatic carbocycles. The molecule has 2 atom stereocenters. The lowest BCUT2D eigenvalue weighted by Crippen LogP contribution is -2.41. The van der Waals surface area contributed by atoms with Gasteiger partial charge < -0.3 is 10.5 Å². The van der Waals surface area contributed by atoms with E-state index in [1.807, 2.05) is 43.4 Å². The fraction of sp³-hybridized carbons (Fsp3) is 0.316. The van der Waals surface area contributed by atoms with Crippen LogP contribution in [0.5, 0.6) is 0 Å². The summed E-state index contributed by atoms with van der Waals surface area (Å²) in [6.45, 7) is 2.92. The Labute approximate surface area is 147 Å². The summed E-state index contributed by atoms with van der Waals surface area (Å²) in [4.78, 5) is 14.4. The van der Waals surface area contributed by atoms with Crippen LogP contribution in [-0.4, -0.2) is 31.1 Å². The van der Waals surface area contributed by atoms with Gasteiger partial charge in [-0.15, -0.1) is 0 Å². The highest BCUT2D eigenvalue weighted by molar-refractivity contribution is 6.30. The van der Waals surface area contributed by atoms with Gasteiger partial charge >= 0.3 is 5.97 Å². The Kier molecular flexibility index (Phi) is 4.90. The zero-order chi connectivity index (χ0) is 17.3. The van der Waals surface area contributed by atoms with Gasteiger partial charge in [0.1, 0.15) is 0 Å². The smallest absolute Gasteiger partial charge is 0.338 e. The fourth-order valence-corrected chi connectivity index (χ4v) is 3.43. The molecule has 0 amide bonds. The maximum atomic E-state index is 12.3. The van der Waals surface area contributed by atoms with Crippen molar-refractivity contribution in [1.29, 1.82) is 0 Å². The molecule has 5 heteroatoms. The maximum Gasteiger partial charge on any atom is 0.338 e. The van der Waals surface area contributed by atoms with E-state index in [2.05, 4.69) is 4.90 Å². The number of likely N-dealkylation sites (N-methyl/N-ethyl adjacent to an activating group) is 1. The first-order valence-corrected chi connectivity index (χ1v) is 8.42. The second-order valence-corrected chi connectivity index (χ2v) is 6.45. The quantitative estimate of drug-likeness (QED) is 0.865. The number of nitrogens with zero attached hydrogens (tertiary/aromatic N) is 1. The molecule has 0 saturated heterocycles. The standard InChI is InChI=1S/C19H21ClN2O2/c1-3-24-19(23)15-6-4-5-14-16(11-22(2)18(21)17(14)15)12-7-9-13(20)10-8-12/h4-10,16,18H,3,11,21H2,1-2H3. The van der Waals surface area contributed by atoms with E-state index in [1.165, 1.54) is 0 Å². The summed E-state index contributed by atoms with van der Waals surface area (Å²) in [6, 6.07) is 13.6. The third-order valence-corrected chi connectivity index (χ3v) is 4.78. The number of carbonyl (C=O) groups excluding carboxylic acids is 1. The second-order valence-electron chi connectivity index (χ2n) is 6.02. The van der Waals surface area contributed by atoms with Gasteiger partial charge in [-0.25, -0.2) is 4.79 Å². The number of esters is 1. The molecule has 4 nitrogen and oxygen atoms in total. The average molecular weight is 345 g/mol. The Hall–Kier alpha value is -1.88. The van der Waals surface area contributed by atoms with Gasteiger partial charge in [0.25, 0.3) is 0 Å². The van der Waals surface area contributed by atoms with Gasteiger partial charge in [0.2, 0.25) is 0 Å². The van der Waals surface area contributed by atoms with Gasteiger partial charge in [-0.05, 0) is 43.3 Å². The summed E-state index contributed by atoms with van der Waals surface area (Å²) in [5, 5.41) is 0.708. The first-order chi connectivity index (χ1) is 11.5. The van der Waals surface area contributed by atoms with Crippen molar-refractivity contribution in [3.05, 3.63) is 69.7 Å². The lowest BCUT2D eigenvalue weighted by molar-refractivity contribution is 0.0521. The SMILES string of the molecule is CCOC(=O)c1cccc2c1C(N)N(C)CC2c1ccc(Cl)cc1. The van der Waals surface area contributed by atoms with E-state index >= 15 is 0 Å². The first-order valence-electron chi connectivity index (χ1n) is 8.04. The molecule has 0 fully saturated rings. The summed E-state index contributed by atoms with van der Waals surface area (Å²) in [5.74, 6) is -0.189. The topological polar surface area (TPSA) is 55.6 Å². The molecule has 0 radical (unpaired) electrons. The zero-order valence-electron chi connectivity index (χ0n) is 13.8. The Morgan fingerprint density at radius 1 is 1.29 bits per heavy atom. The Balaban J connectivity index is 2.12. The van der Waals surface area contributed by atoms with E-state index < -0.39 is 0 Å². The highest BCUT2D eigenvalue weighted by Gasteiger charge is 2.33. The van der Waals surface area contributed by atoms with Crippen LogP contribution >= 0.6 is 11.6 Å². The number of benzene rings is 2.